The van der Waals surface area contributed by atoms with Gasteiger partial charge in [0.1, 0.15) is 22.3 Å². The third-order valence-electron chi connectivity index (χ3n) is 3.27. The first kappa shape index (κ1) is 19.5. The second-order valence-electron chi connectivity index (χ2n) is 5.03. The van der Waals surface area contributed by atoms with Gasteiger partial charge in [0.25, 0.3) is 0 Å². The number of sulfonamides is 1. The van der Waals surface area contributed by atoms with E-state index in [4.69, 9.17) is 14.6 Å². The van der Waals surface area contributed by atoms with Crippen LogP contribution in [0.3, 0.4) is 0 Å². The first-order valence-corrected chi connectivity index (χ1v) is 8.54. The van der Waals surface area contributed by atoms with E-state index in [1.165, 1.54) is 19.2 Å². The fourth-order valence-corrected chi connectivity index (χ4v) is 2.75. The first-order valence-electron chi connectivity index (χ1n) is 6.99. The standard InChI is InChI=1S/C16H13F2NO6S/c1-24-14-5-2-9(6-15(14)26(19,22)23)16(21)25-8-13(20)11-7-10(17)3-4-12(11)18/h2-7H,8H2,1H3,(H2,19,22,23). The molecule has 2 N–H and O–H groups in total. The van der Waals surface area contributed by atoms with Crippen LogP contribution in [0.5, 0.6) is 5.75 Å². The number of hydrogen-bond donors (Lipinski definition) is 1. The number of halogens is 2. The molecule has 0 aliphatic rings. The molecule has 2 aromatic carbocycles. The maximum absolute atomic E-state index is 13.5. The van der Waals surface area contributed by atoms with E-state index in [1.54, 1.807) is 0 Å². The Morgan fingerprint density at radius 2 is 1.81 bits per heavy atom. The predicted molar refractivity (Wildman–Crippen MR) is 85.3 cm³/mol. The van der Waals surface area contributed by atoms with Crippen LogP contribution in [-0.4, -0.2) is 33.9 Å². The van der Waals surface area contributed by atoms with Crippen LogP contribution in [0.2, 0.25) is 0 Å². The summed E-state index contributed by atoms with van der Waals surface area (Å²) in [4.78, 5) is 23.4. The predicted octanol–water partition coefficient (Wildman–Crippen LogP) is 1.66. The van der Waals surface area contributed by atoms with E-state index in [2.05, 4.69) is 0 Å². The highest BCUT2D eigenvalue weighted by atomic mass is 32.2. The molecule has 0 amide bonds. The van der Waals surface area contributed by atoms with Crippen molar-refractivity contribution in [1.29, 1.82) is 0 Å². The zero-order valence-electron chi connectivity index (χ0n) is 13.4. The van der Waals surface area contributed by atoms with E-state index in [1.807, 2.05) is 0 Å². The second-order valence-corrected chi connectivity index (χ2v) is 6.56. The van der Waals surface area contributed by atoms with Gasteiger partial charge in [-0.1, -0.05) is 0 Å². The van der Waals surface area contributed by atoms with E-state index in [0.717, 1.165) is 18.2 Å². The minimum Gasteiger partial charge on any atom is -0.495 e. The van der Waals surface area contributed by atoms with Gasteiger partial charge in [-0.2, -0.15) is 0 Å². The fourth-order valence-electron chi connectivity index (χ4n) is 2.03. The number of carbonyl (C=O) groups excluding carboxylic acids is 2. The molecule has 2 aromatic rings. The Morgan fingerprint density at radius 1 is 1.12 bits per heavy atom. The van der Waals surface area contributed by atoms with Crippen LogP contribution >= 0.6 is 0 Å². The second kappa shape index (κ2) is 7.58. The largest absolute Gasteiger partial charge is 0.495 e. The van der Waals surface area contributed by atoms with Crippen molar-refractivity contribution in [2.24, 2.45) is 5.14 Å². The smallest absolute Gasteiger partial charge is 0.338 e. The Balaban J connectivity index is 2.18. The summed E-state index contributed by atoms with van der Waals surface area (Å²) in [6, 6.07) is 5.59. The molecule has 0 radical (unpaired) electrons. The summed E-state index contributed by atoms with van der Waals surface area (Å²) >= 11 is 0. The van der Waals surface area contributed by atoms with Gasteiger partial charge in [0.15, 0.2) is 6.61 Å². The molecule has 0 unspecified atom stereocenters. The summed E-state index contributed by atoms with van der Waals surface area (Å²) in [6.07, 6.45) is 0. The molecule has 0 bridgehead atoms. The molecule has 0 aliphatic carbocycles. The average Bonchev–Trinajstić information content (AvgIpc) is 2.60. The lowest BCUT2D eigenvalue weighted by atomic mass is 10.1. The first-order chi connectivity index (χ1) is 12.1. The molecule has 0 saturated heterocycles. The van der Waals surface area contributed by atoms with Crippen molar-refractivity contribution in [3.63, 3.8) is 0 Å². The summed E-state index contributed by atoms with van der Waals surface area (Å²) < 4.78 is 59.2. The molecule has 0 aliphatic heterocycles. The van der Waals surface area contributed by atoms with Crippen molar-refractivity contribution in [2.75, 3.05) is 13.7 Å². The van der Waals surface area contributed by atoms with Gasteiger partial charge in [-0.15, -0.1) is 0 Å². The number of carbonyl (C=O) groups is 2. The van der Waals surface area contributed by atoms with Gasteiger partial charge in [0.2, 0.25) is 15.8 Å². The lowest BCUT2D eigenvalue weighted by Gasteiger charge is -2.09. The number of Topliss-reactive ketones (excluding diaryl/α,β-unsaturated/α-hetero) is 1. The van der Waals surface area contributed by atoms with Crippen LogP contribution in [0.25, 0.3) is 0 Å². The zero-order chi connectivity index (χ0) is 19.5. The molecule has 26 heavy (non-hydrogen) atoms. The van der Waals surface area contributed by atoms with E-state index >= 15 is 0 Å². The highest BCUT2D eigenvalue weighted by Crippen LogP contribution is 2.24. The van der Waals surface area contributed by atoms with E-state index in [0.29, 0.717) is 6.07 Å². The molecule has 0 heterocycles. The molecule has 0 saturated carbocycles. The van der Waals surface area contributed by atoms with E-state index in [-0.39, 0.29) is 11.3 Å². The van der Waals surface area contributed by atoms with Crippen LogP contribution in [0.15, 0.2) is 41.3 Å². The van der Waals surface area contributed by atoms with Gasteiger partial charge < -0.3 is 9.47 Å². The van der Waals surface area contributed by atoms with Crippen LogP contribution < -0.4 is 9.88 Å². The SMILES string of the molecule is COc1ccc(C(=O)OCC(=O)c2cc(F)ccc2F)cc1S(N)(=O)=O. The maximum Gasteiger partial charge on any atom is 0.338 e. The zero-order valence-corrected chi connectivity index (χ0v) is 14.2. The van der Waals surface area contributed by atoms with E-state index < -0.39 is 50.5 Å². The number of rotatable bonds is 6. The summed E-state index contributed by atoms with van der Waals surface area (Å²) in [5, 5.41) is 5.04. The van der Waals surface area contributed by atoms with Gasteiger partial charge in [-0.05, 0) is 36.4 Å². The monoisotopic (exact) mass is 385 g/mol. The number of primary sulfonamides is 1. The van der Waals surface area contributed by atoms with Crippen LogP contribution in [0, 0.1) is 11.6 Å². The summed E-state index contributed by atoms with van der Waals surface area (Å²) in [6.45, 7) is -0.865. The number of ketones is 1. The van der Waals surface area contributed by atoms with E-state index in [9.17, 15) is 26.8 Å². The Bertz CT molecular complexity index is 975. The van der Waals surface area contributed by atoms with Gasteiger partial charge in [-0.3, -0.25) is 4.79 Å². The van der Waals surface area contributed by atoms with Crippen molar-refractivity contribution in [3.8, 4) is 5.75 Å². The molecular formula is C16H13F2NO6S. The van der Waals surface area contributed by atoms with Crippen LogP contribution in [0.1, 0.15) is 20.7 Å². The fraction of sp³-hybridized carbons (Fsp3) is 0.125. The molecule has 0 atom stereocenters. The van der Waals surface area contributed by atoms with Gasteiger partial charge >= 0.3 is 5.97 Å². The van der Waals surface area contributed by atoms with Crippen molar-refractivity contribution in [1.82, 2.24) is 0 Å². The van der Waals surface area contributed by atoms with Crippen molar-refractivity contribution in [2.45, 2.75) is 4.90 Å². The van der Waals surface area contributed by atoms with Crippen molar-refractivity contribution >= 4 is 21.8 Å². The Hall–Kier alpha value is -2.85. The van der Waals surface area contributed by atoms with Crippen LogP contribution in [-0.2, 0) is 14.8 Å². The Labute approximate surface area is 147 Å². The third-order valence-corrected chi connectivity index (χ3v) is 4.20. The number of esters is 1. The van der Waals surface area contributed by atoms with Gasteiger partial charge in [0.05, 0.1) is 18.2 Å². The van der Waals surface area contributed by atoms with Crippen molar-refractivity contribution in [3.05, 3.63) is 59.2 Å². The lowest BCUT2D eigenvalue weighted by Crippen LogP contribution is -2.17. The normalized spacial score (nSPS) is 11.1. The quantitative estimate of drug-likeness (QED) is 0.598. The van der Waals surface area contributed by atoms with Gasteiger partial charge in [-0.25, -0.2) is 27.1 Å². The number of hydrogen-bond acceptors (Lipinski definition) is 6. The minimum atomic E-state index is -4.18. The Kier molecular flexibility index (Phi) is 5.68. The third kappa shape index (κ3) is 4.41. The molecule has 0 fully saturated rings. The molecular weight excluding hydrogens is 372 g/mol. The lowest BCUT2D eigenvalue weighted by molar-refractivity contribution is 0.0473. The molecule has 0 spiro atoms. The van der Waals surface area contributed by atoms with Crippen LogP contribution in [0.4, 0.5) is 8.78 Å². The summed E-state index contributed by atoms with van der Waals surface area (Å²) in [5.41, 5.74) is -0.792. The Morgan fingerprint density at radius 3 is 2.42 bits per heavy atom. The summed E-state index contributed by atoms with van der Waals surface area (Å²) in [5.74, 6) is -3.89. The molecule has 138 valence electrons. The summed E-state index contributed by atoms with van der Waals surface area (Å²) in [7, 11) is -2.96. The molecule has 10 heteroatoms. The molecule has 7 nitrogen and oxygen atoms in total. The minimum absolute atomic E-state index is 0.0815. The number of methoxy groups -OCH3 is 1. The topological polar surface area (TPSA) is 113 Å². The number of ether oxygens (including phenoxy) is 2. The maximum atomic E-state index is 13.5. The number of nitrogens with two attached hydrogens (primary N) is 1. The van der Waals surface area contributed by atoms with Crippen molar-refractivity contribution < 1.29 is 36.3 Å². The van der Waals surface area contributed by atoms with Gasteiger partial charge in [0, 0.05) is 0 Å². The highest BCUT2D eigenvalue weighted by Gasteiger charge is 2.20. The molecule has 2 rings (SSSR count). The highest BCUT2D eigenvalue weighted by molar-refractivity contribution is 7.89. The average molecular weight is 385 g/mol. The number of benzene rings is 2. The molecule has 0 aromatic heterocycles.